The molecule has 0 saturated carbocycles. The van der Waals surface area contributed by atoms with Gasteiger partial charge in [-0.25, -0.2) is 0 Å². The van der Waals surface area contributed by atoms with Gasteiger partial charge < -0.3 is 4.90 Å². The number of carbonyl (C=O) groups excluding carboxylic acids is 1. The Labute approximate surface area is 152 Å². The molecule has 1 aliphatic rings. The molecule has 3 aromatic rings. The van der Waals surface area contributed by atoms with Crippen LogP contribution < -0.4 is 0 Å². The predicted molar refractivity (Wildman–Crippen MR) is 103 cm³/mol. The molecule has 0 radical (unpaired) electrons. The lowest BCUT2D eigenvalue weighted by molar-refractivity contribution is 0.0696. The maximum atomic E-state index is 13.2. The second-order valence-corrected chi connectivity index (χ2v) is 7.73. The number of amides is 1. The van der Waals surface area contributed by atoms with Gasteiger partial charge in [0.15, 0.2) is 0 Å². The molecule has 2 aromatic carbocycles. The standard InChI is InChI=1S/C22H21NOS/c1-15-3-7-17(8-4-15)21-19-12-14-25-20(19)11-13-23(21)22(24)18-9-5-16(2)6-10-18/h3-10,12,14,21H,11,13H2,1-2H3/t21-/m1/s1. The Hall–Kier alpha value is -2.39. The molecule has 0 fully saturated rings. The van der Waals surface area contributed by atoms with Crippen molar-refractivity contribution >= 4 is 17.2 Å². The number of benzene rings is 2. The molecule has 126 valence electrons. The summed E-state index contributed by atoms with van der Waals surface area (Å²) < 4.78 is 0. The average Bonchev–Trinajstić information content (AvgIpc) is 3.10. The number of carbonyl (C=O) groups is 1. The number of thiophene rings is 1. The zero-order valence-electron chi connectivity index (χ0n) is 14.5. The molecular weight excluding hydrogens is 326 g/mol. The first-order chi connectivity index (χ1) is 12.1. The normalized spacial score (nSPS) is 16.6. The lowest BCUT2D eigenvalue weighted by Crippen LogP contribution is -2.40. The molecule has 1 aliphatic heterocycles. The average molecular weight is 347 g/mol. The van der Waals surface area contributed by atoms with Crippen molar-refractivity contribution < 1.29 is 4.79 Å². The minimum absolute atomic E-state index is 0.00408. The summed E-state index contributed by atoms with van der Waals surface area (Å²) in [7, 11) is 0. The van der Waals surface area contributed by atoms with Crippen LogP contribution in [0.15, 0.2) is 60.0 Å². The van der Waals surface area contributed by atoms with Crippen molar-refractivity contribution in [3.8, 4) is 0 Å². The number of fused-ring (bicyclic) bond motifs is 1. The van der Waals surface area contributed by atoms with Crippen LogP contribution in [0.5, 0.6) is 0 Å². The van der Waals surface area contributed by atoms with E-state index >= 15 is 0 Å². The largest absolute Gasteiger partial charge is 0.327 e. The highest BCUT2D eigenvalue weighted by Crippen LogP contribution is 2.38. The molecule has 4 rings (SSSR count). The molecule has 0 unspecified atom stereocenters. The zero-order valence-corrected chi connectivity index (χ0v) is 15.3. The van der Waals surface area contributed by atoms with E-state index in [1.165, 1.54) is 27.1 Å². The van der Waals surface area contributed by atoms with Crippen LogP contribution in [0.25, 0.3) is 0 Å². The highest BCUT2D eigenvalue weighted by molar-refractivity contribution is 7.10. The third-order valence-corrected chi connectivity index (χ3v) is 5.91. The van der Waals surface area contributed by atoms with Crippen molar-refractivity contribution in [1.82, 2.24) is 4.90 Å². The van der Waals surface area contributed by atoms with Gasteiger partial charge in [0, 0.05) is 17.0 Å². The Kier molecular flexibility index (Phi) is 4.18. The Morgan fingerprint density at radius 1 is 0.960 bits per heavy atom. The number of aryl methyl sites for hydroxylation is 2. The van der Waals surface area contributed by atoms with Gasteiger partial charge in [0.2, 0.25) is 0 Å². The van der Waals surface area contributed by atoms with Gasteiger partial charge in [-0.1, -0.05) is 47.5 Å². The fourth-order valence-electron chi connectivity index (χ4n) is 3.51. The van der Waals surface area contributed by atoms with Gasteiger partial charge >= 0.3 is 0 Å². The van der Waals surface area contributed by atoms with E-state index in [2.05, 4.69) is 42.6 Å². The van der Waals surface area contributed by atoms with Crippen molar-refractivity contribution in [2.75, 3.05) is 6.54 Å². The molecule has 0 spiro atoms. The highest BCUT2D eigenvalue weighted by atomic mass is 32.1. The molecule has 1 aromatic heterocycles. The van der Waals surface area contributed by atoms with E-state index in [1.54, 1.807) is 11.3 Å². The smallest absolute Gasteiger partial charge is 0.254 e. The van der Waals surface area contributed by atoms with Crippen molar-refractivity contribution in [3.05, 3.63) is 92.7 Å². The molecule has 2 nitrogen and oxygen atoms in total. The molecule has 2 heterocycles. The van der Waals surface area contributed by atoms with Gasteiger partial charge in [-0.2, -0.15) is 0 Å². The molecule has 0 N–H and O–H groups in total. The van der Waals surface area contributed by atoms with Gasteiger partial charge in [0.1, 0.15) is 0 Å². The quantitative estimate of drug-likeness (QED) is 0.627. The summed E-state index contributed by atoms with van der Waals surface area (Å²) in [5.41, 5.74) is 5.64. The van der Waals surface area contributed by atoms with E-state index < -0.39 is 0 Å². The van der Waals surface area contributed by atoms with E-state index in [4.69, 9.17) is 0 Å². The van der Waals surface area contributed by atoms with Crippen LogP contribution in [0.1, 0.15) is 43.5 Å². The third kappa shape index (κ3) is 3.00. The van der Waals surface area contributed by atoms with Crippen LogP contribution >= 0.6 is 11.3 Å². The number of hydrogen-bond donors (Lipinski definition) is 0. The number of nitrogens with zero attached hydrogens (tertiary/aromatic N) is 1. The van der Waals surface area contributed by atoms with Crippen molar-refractivity contribution in [2.45, 2.75) is 26.3 Å². The number of rotatable bonds is 2. The van der Waals surface area contributed by atoms with Gasteiger partial charge in [0.25, 0.3) is 5.91 Å². The lowest BCUT2D eigenvalue weighted by atomic mass is 9.92. The summed E-state index contributed by atoms with van der Waals surface area (Å²) in [4.78, 5) is 16.7. The zero-order chi connectivity index (χ0) is 17.4. The fraction of sp³-hybridized carbons (Fsp3) is 0.227. The number of hydrogen-bond acceptors (Lipinski definition) is 2. The van der Waals surface area contributed by atoms with Crippen LogP contribution in [0.3, 0.4) is 0 Å². The van der Waals surface area contributed by atoms with E-state index in [-0.39, 0.29) is 11.9 Å². The fourth-order valence-corrected chi connectivity index (χ4v) is 4.41. The minimum Gasteiger partial charge on any atom is -0.327 e. The van der Waals surface area contributed by atoms with Gasteiger partial charge in [-0.15, -0.1) is 11.3 Å². The molecule has 1 amide bonds. The van der Waals surface area contributed by atoms with Crippen molar-refractivity contribution in [3.63, 3.8) is 0 Å². The first-order valence-electron chi connectivity index (χ1n) is 8.64. The van der Waals surface area contributed by atoms with Gasteiger partial charge in [0.05, 0.1) is 6.04 Å². The minimum atomic E-state index is 0.00408. The van der Waals surface area contributed by atoms with Crippen LogP contribution in [-0.2, 0) is 6.42 Å². The third-order valence-electron chi connectivity index (χ3n) is 4.92. The topological polar surface area (TPSA) is 20.3 Å². The maximum Gasteiger partial charge on any atom is 0.254 e. The Morgan fingerprint density at radius 2 is 1.60 bits per heavy atom. The van der Waals surface area contributed by atoms with Crippen LogP contribution in [-0.4, -0.2) is 17.4 Å². The van der Waals surface area contributed by atoms with Crippen LogP contribution in [0.2, 0.25) is 0 Å². The van der Waals surface area contributed by atoms with Crippen molar-refractivity contribution in [1.29, 1.82) is 0 Å². The molecule has 3 heteroatoms. The molecular formula is C22H21NOS. The Balaban J connectivity index is 1.76. The van der Waals surface area contributed by atoms with Gasteiger partial charge in [-0.3, -0.25) is 4.79 Å². The first-order valence-corrected chi connectivity index (χ1v) is 9.52. The highest BCUT2D eigenvalue weighted by Gasteiger charge is 2.33. The summed E-state index contributed by atoms with van der Waals surface area (Å²) in [5.74, 6) is 0.113. The molecule has 1 atom stereocenters. The van der Waals surface area contributed by atoms with E-state index in [9.17, 15) is 4.79 Å². The van der Waals surface area contributed by atoms with Gasteiger partial charge in [-0.05, 0) is 55.0 Å². The predicted octanol–water partition coefficient (Wildman–Crippen LogP) is 5.15. The summed E-state index contributed by atoms with van der Waals surface area (Å²) >= 11 is 1.80. The summed E-state index contributed by atoms with van der Waals surface area (Å²) in [6.45, 7) is 4.90. The van der Waals surface area contributed by atoms with Crippen LogP contribution in [0.4, 0.5) is 0 Å². The molecule has 0 bridgehead atoms. The molecule has 25 heavy (non-hydrogen) atoms. The Bertz CT molecular complexity index is 893. The maximum absolute atomic E-state index is 13.2. The second-order valence-electron chi connectivity index (χ2n) is 6.73. The Morgan fingerprint density at radius 3 is 2.28 bits per heavy atom. The molecule has 0 saturated heterocycles. The summed E-state index contributed by atoms with van der Waals surface area (Å²) in [5, 5.41) is 2.14. The molecule has 0 aliphatic carbocycles. The monoisotopic (exact) mass is 347 g/mol. The van der Waals surface area contributed by atoms with Crippen molar-refractivity contribution in [2.24, 2.45) is 0 Å². The van der Waals surface area contributed by atoms with E-state index in [0.29, 0.717) is 0 Å². The van der Waals surface area contributed by atoms with Crippen LogP contribution in [0, 0.1) is 13.8 Å². The summed E-state index contributed by atoms with van der Waals surface area (Å²) in [6.07, 6.45) is 0.937. The SMILES string of the molecule is Cc1ccc(C(=O)N2CCc3sccc3[C@H]2c2ccc(C)cc2)cc1. The summed E-state index contributed by atoms with van der Waals surface area (Å²) in [6, 6.07) is 18.6. The van der Waals surface area contributed by atoms with E-state index in [1.807, 2.05) is 36.1 Å². The first kappa shape index (κ1) is 16.1. The lowest BCUT2D eigenvalue weighted by Gasteiger charge is -2.36. The second kappa shape index (κ2) is 6.49. The van der Waals surface area contributed by atoms with E-state index in [0.717, 1.165) is 18.5 Å².